The first kappa shape index (κ1) is 25.8. The van der Waals surface area contributed by atoms with Crippen LogP contribution in [0.5, 0.6) is 0 Å². The molecule has 0 aromatic carbocycles. The molecule has 0 bridgehead atoms. The van der Waals surface area contributed by atoms with Crippen molar-refractivity contribution in [1.82, 2.24) is 20.2 Å². The molecular formula is C25H27F3N4O4S. The second-order valence-electron chi connectivity index (χ2n) is 9.94. The first-order chi connectivity index (χ1) is 17.6. The molecule has 5 rings (SSSR count). The maximum absolute atomic E-state index is 13.9. The van der Waals surface area contributed by atoms with Gasteiger partial charge in [0.15, 0.2) is 11.5 Å². The molecule has 1 saturated carbocycles. The summed E-state index contributed by atoms with van der Waals surface area (Å²) in [7, 11) is 0. The Kier molecular flexibility index (Phi) is 7.06. The molecule has 1 aliphatic carbocycles. The van der Waals surface area contributed by atoms with Crippen LogP contribution in [0.25, 0.3) is 10.6 Å². The number of halogens is 3. The highest BCUT2D eigenvalue weighted by Crippen LogP contribution is 2.38. The minimum atomic E-state index is -4.86. The third-order valence-electron chi connectivity index (χ3n) is 7.41. The smallest absolute Gasteiger partial charge is 0.367 e. The molecule has 3 fully saturated rings. The molecule has 3 aliphatic rings. The van der Waals surface area contributed by atoms with Gasteiger partial charge in [-0.05, 0) is 30.9 Å². The third kappa shape index (κ3) is 5.00. The Morgan fingerprint density at radius 2 is 2.00 bits per heavy atom. The van der Waals surface area contributed by atoms with E-state index < -0.39 is 46.7 Å². The van der Waals surface area contributed by atoms with Gasteiger partial charge in [-0.1, -0.05) is 26.2 Å². The molecule has 0 unspecified atom stereocenters. The average molecular weight is 537 g/mol. The van der Waals surface area contributed by atoms with E-state index >= 15 is 0 Å². The van der Waals surface area contributed by atoms with Crippen LogP contribution in [0.1, 0.15) is 54.4 Å². The Bertz CT molecular complexity index is 1180. The largest absolute Gasteiger partial charge is 0.435 e. The van der Waals surface area contributed by atoms with Crippen LogP contribution in [0.3, 0.4) is 0 Å². The van der Waals surface area contributed by atoms with Crippen LogP contribution in [0.4, 0.5) is 13.2 Å². The lowest BCUT2D eigenvalue weighted by Crippen LogP contribution is -2.55. The van der Waals surface area contributed by atoms with Gasteiger partial charge in [-0.3, -0.25) is 19.4 Å². The van der Waals surface area contributed by atoms with Crippen molar-refractivity contribution in [2.75, 3.05) is 13.2 Å². The molecule has 37 heavy (non-hydrogen) atoms. The highest BCUT2D eigenvalue weighted by atomic mass is 32.1. The van der Waals surface area contributed by atoms with Gasteiger partial charge in [-0.15, -0.1) is 11.3 Å². The molecule has 4 atom stereocenters. The molecule has 2 aromatic heterocycles. The molecular weight excluding hydrogens is 509 g/mol. The van der Waals surface area contributed by atoms with Gasteiger partial charge in [0.2, 0.25) is 5.91 Å². The SMILES string of the molecule is C[C@H]1CN(C(=O)[C@@H](NC(=O)c2sc(-c3cccnc3)nc2C(F)(F)F)C2CCCCC2)[C@@H]2C(=O)CO[C@@H]21. The standard InChI is InChI=1S/C25H27F3N4O4S/c1-13-11-32(18-16(33)12-36-19(13)18)24(35)17(14-6-3-2-4-7-14)30-22(34)20-21(25(26,27)28)31-23(37-20)15-8-5-9-29-10-15/h5,8-10,13-14,17-19H,2-4,6-7,11-12H2,1H3,(H,30,34)/t13-,17-,18+,19+/m0/s1. The van der Waals surface area contributed by atoms with Crippen LogP contribution < -0.4 is 5.32 Å². The number of ketones is 1. The molecule has 0 radical (unpaired) electrons. The Hall–Kier alpha value is -2.86. The number of nitrogens with one attached hydrogen (secondary N) is 1. The topological polar surface area (TPSA) is 101 Å². The van der Waals surface area contributed by atoms with Gasteiger partial charge in [0, 0.05) is 30.4 Å². The first-order valence-corrected chi connectivity index (χ1v) is 13.2. The Balaban J connectivity index is 1.46. The van der Waals surface area contributed by atoms with Crippen LogP contribution >= 0.6 is 11.3 Å². The number of pyridine rings is 1. The Labute approximate surface area is 215 Å². The van der Waals surface area contributed by atoms with Gasteiger partial charge < -0.3 is 15.0 Å². The van der Waals surface area contributed by atoms with Crippen LogP contribution in [0.15, 0.2) is 24.5 Å². The van der Waals surface area contributed by atoms with Crippen LogP contribution in [-0.2, 0) is 20.5 Å². The number of hydrogen-bond acceptors (Lipinski definition) is 7. The number of carbonyl (C=O) groups is 3. The molecule has 2 saturated heterocycles. The van der Waals surface area contributed by atoms with E-state index in [0.717, 1.165) is 19.3 Å². The monoisotopic (exact) mass is 536 g/mol. The van der Waals surface area contributed by atoms with Crippen LogP contribution in [-0.4, -0.2) is 63.8 Å². The van der Waals surface area contributed by atoms with Crippen molar-refractivity contribution in [3.63, 3.8) is 0 Å². The zero-order valence-electron chi connectivity index (χ0n) is 20.2. The maximum Gasteiger partial charge on any atom is 0.435 e. The predicted molar refractivity (Wildman–Crippen MR) is 128 cm³/mol. The summed E-state index contributed by atoms with van der Waals surface area (Å²) in [4.78, 5) is 48.2. The van der Waals surface area contributed by atoms with Crippen LogP contribution in [0.2, 0.25) is 0 Å². The number of rotatable bonds is 5. The number of fused-ring (bicyclic) bond motifs is 1. The van der Waals surface area contributed by atoms with Gasteiger partial charge in [0.1, 0.15) is 28.6 Å². The predicted octanol–water partition coefficient (Wildman–Crippen LogP) is 3.72. The fourth-order valence-electron chi connectivity index (χ4n) is 5.63. The van der Waals surface area contributed by atoms with Crippen molar-refractivity contribution in [2.24, 2.45) is 11.8 Å². The highest BCUT2D eigenvalue weighted by molar-refractivity contribution is 7.17. The summed E-state index contributed by atoms with van der Waals surface area (Å²) in [6, 6.07) is 1.36. The van der Waals surface area contributed by atoms with E-state index in [-0.39, 0.29) is 29.2 Å². The molecule has 198 valence electrons. The molecule has 2 amide bonds. The quantitative estimate of drug-likeness (QED) is 0.625. The molecule has 0 spiro atoms. The fourth-order valence-corrected chi connectivity index (χ4v) is 6.61. The van der Waals surface area contributed by atoms with Gasteiger partial charge in [-0.25, -0.2) is 4.98 Å². The number of Topliss-reactive ketones (excluding diaryl/α,β-unsaturated/α-hetero) is 1. The first-order valence-electron chi connectivity index (χ1n) is 12.4. The zero-order chi connectivity index (χ0) is 26.3. The van der Waals surface area contributed by atoms with E-state index in [1.54, 1.807) is 12.1 Å². The molecule has 12 heteroatoms. The maximum atomic E-state index is 13.9. The summed E-state index contributed by atoms with van der Waals surface area (Å²) in [5.74, 6) is -1.94. The number of ether oxygens (including phenoxy) is 1. The second-order valence-corrected chi connectivity index (χ2v) is 10.9. The highest BCUT2D eigenvalue weighted by Gasteiger charge is 2.52. The summed E-state index contributed by atoms with van der Waals surface area (Å²) >= 11 is 0.614. The van der Waals surface area contributed by atoms with Crippen molar-refractivity contribution < 1.29 is 32.3 Å². The number of carbonyl (C=O) groups excluding carboxylic acids is 3. The number of thiazole rings is 1. The summed E-state index contributed by atoms with van der Waals surface area (Å²) in [5.41, 5.74) is -0.938. The van der Waals surface area contributed by atoms with E-state index in [0.29, 0.717) is 36.3 Å². The van der Waals surface area contributed by atoms with Gasteiger partial charge in [0.25, 0.3) is 5.91 Å². The third-order valence-corrected chi connectivity index (χ3v) is 8.51. The number of aromatic nitrogens is 2. The number of alkyl halides is 3. The van der Waals surface area contributed by atoms with Crippen molar-refractivity contribution >= 4 is 28.9 Å². The lowest BCUT2D eigenvalue weighted by molar-refractivity contribution is -0.141. The number of hydrogen-bond donors (Lipinski definition) is 1. The molecule has 2 aromatic rings. The van der Waals surface area contributed by atoms with Crippen LogP contribution in [0, 0.1) is 11.8 Å². The normalized spacial score (nSPS) is 25.2. The zero-order valence-corrected chi connectivity index (χ0v) is 21.0. The van der Waals surface area contributed by atoms with E-state index in [4.69, 9.17) is 4.74 Å². The van der Waals surface area contributed by atoms with Crippen molar-refractivity contribution in [3.05, 3.63) is 35.1 Å². The average Bonchev–Trinajstić information content (AvgIpc) is 3.59. The van der Waals surface area contributed by atoms with E-state index in [9.17, 15) is 27.6 Å². The van der Waals surface area contributed by atoms with Gasteiger partial charge in [0.05, 0.1) is 6.10 Å². The second kappa shape index (κ2) is 10.1. The molecule has 2 aliphatic heterocycles. The lowest BCUT2D eigenvalue weighted by Gasteiger charge is -2.34. The summed E-state index contributed by atoms with van der Waals surface area (Å²) in [6.07, 6.45) is 1.62. The summed E-state index contributed by atoms with van der Waals surface area (Å²) in [5, 5.41) is 2.65. The van der Waals surface area contributed by atoms with Crippen molar-refractivity contribution in [1.29, 1.82) is 0 Å². The minimum absolute atomic E-state index is 0.0102. The molecule has 4 heterocycles. The van der Waals surface area contributed by atoms with E-state index in [1.165, 1.54) is 17.3 Å². The minimum Gasteiger partial charge on any atom is -0.367 e. The molecule has 8 nitrogen and oxygen atoms in total. The van der Waals surface area contributed by atoms with Gasteiger partial charge in [-0.2, -0.15) is 13.2 Å². The lowest BCUT2D eigenvalue weighted by atomic mass is 9.83. The summed E-state index contributed by atoms with van der Waals surface area (Å²) < 4.78 is 47.3. The number of nitrogens with zero attached hydrogens (tertiary/aromatic N) is 3. The van der Waals surface area contributed by atoms with Gasteiger partial charge >= 0.3 is 6.18 Å². The van der Waals surface area contributed by atoms with E-state index in [1.807, 2.05) is 6.92 Å². The van der Waals surface area contributed by atoms with Crippen molar-refractivity contribution in [3.8, 4) is 10.6 Å². The Morgan fingerprint density at radius 1 is 1.24 bits per heavy atom. The number of amides is 2. The fraction of sp³-hybridized carbons (Fsp3) is 0.560. The Morgan fingerprint density at radius 3 is 2.68 bits per heavy atom. The van der Waals surface area contributed by atoms with Crippen molar-refractivity contribution in [2.45, 2.75) is 63.4 Å². The number of likely N-dealkylation sites (tertiary alicyclic amines) is 1. The summed E-state index contributed by atoms with van der Waals surface area (Å²) in [6.45, 7) is 2.11. The van der Waals surface area contributed by atoms with E-state index in [2.05, 4.69) is 15.3 Å². The molecule has 1 N–H and O–H groups in total.